The van der Waals surface area contributed by atoms with E-state index in [2.05, 4.69) is 10.3 Å². The van der Waals surface area contributed by atoms with E-state index in [0.29, 0.717) is 0 Å². The number of benzene rings is 1. The molecule has 1 fully saturated rings. The van der Waals surface area contributed by atoms with Crippen molar-refractivity contribution in [3.63, 3.8) is 0 Å². The molecule has 9 nitrogen and oxygen atoms in total. The maximum absolute atomic E-state index is 12.3. The molecule has 1 aliphatic heterocycles. The molecule has 138 valence electrons. The van der Waals surface area contributed by atoms with Crippen LogP contribution in [0.4, 0.5) is 0 Å². The van der Waals surface area contributed by atoms with Crippen molar-refractivity contribution in [2.75, 3.05) is 6.61 Å². The fourth-order valence-electron chi connectivity index (χ4n) is 2.78. The van der Waals surface area contributed by atoms with E-state index in [9.17, 15) is 19.5 Å². The number of H-pyrrole nitrogens is 1. The Morgan fingerprint density at radius 1 is 1.31 bits per heavy atom. The summed E-state index contributed by atoms with van der Waals surface area (Å²) < 4.78 is 6.44. The minimum Gasteiger partial charge on any atom is -0.394 e. The van der Waals surface area contributed by atoms with Crippen molar-refractivity contribution in [2.45, 2.75) is 31.4 Å². The van der Waals surface area contributed by atoms with Crippen LogP contribution in [0.3, 0.4) is 0 Å². The van der Waals surface area contributed by atoms with Gasteiger partial charge in [0.2, 0.25) is 0 Å². The Morgan fingerprint density at radius 2 is 2.04 bits per heavy atom. The molecule has 3 atom stereocenters. The molecule has 2 aromatic rings. The van der Waals surface area contributed by atoms with E-state index in [1.807, 2.05) is 30.3 Å². The molecular weight excluding hydrogens is 342 g/mol. The number of carbonyl (C=O) groups excluding carboxylic acids is 1. The molecule has 1 aromatic carbocycles. The molecule has 9 heteroatoms. The number of nitrogens with zero attached hydrogens (tertiary/aromatic N) is 1. The van der Waals surface area contributed by atoms with E-state index in [1.54, 1.807) is 0 Å². The smallest absolute Gasteiger partial charge is 0.330 e. The zero-order chi connectivity index (χ0) is 18.7. The van der Waals surface area contributed by atoms with Gasteiger partial charge in [-0.15, -0.1) is 0 Å². The summed E-state index contributed by atoms with van der Waals surface area (Å²) in [4.78, 5) is 38.4. The van der Waals surface area contributed by atoms with Gasteiger partial charge in [0.15, 0.2) is 0 Å². The third-order valence-corrected chi connectivity index (χ3v) is 4.20. The highest BCUT2D eigenvalue weighted by atomic mass is 16.5. The number of hydrogen-bond donors (Lipinski definition) is 4. The Labute approximate surface area is 147 Å². The average molecular weight is 361 g/mol. The summed E-state index contributed by atoms with van der Waals surface area (Å²) in [5.74, 6) is -0.638. The van der Waals surface area contributed by atoms with Crippen LogP contribution >= 0.6 is 0 Å². The van der Waals surface area contributed by atoms with Gasteiger partial charge in [0.25, 0.3) is 11.5 Å². The van der Waals surface area contributed by atoms with Crippen LogP contribution in [-0.2, 0) is 11.3 Å². The summed E-state index contributed by atoms with van der Waals surface area (Å²) in [7, 11) is 0. The van der Waals surface area contributed by atoms with E-state index >= 15 is 0 Å². The van der Waals surface area contributed by atoms with E-state index in [4.69, 9.17) is 9.84 Å². The lowest BCUT2D eigenvalue weighted by Crippen LogP contribution is -2.38. The van der Waals surface area contributed by atoms with Crippen LogP contribution < -0.4 is 16.6 Å². The van der Waals surface area contributed by atoms with Crippen LogP contribution in [0.25, 0.3) is 0 Å². The topological polar surface area (TPSA) is 134 Å². The molecule has 26 heavy (non-hydrogen) atoms. The highest BCUT2D eigenvalue weighted by Gasteiger charge is 2.35. The second-order valence-electron chi connectivity index (χ2n) is 5.99. The predicted octanol–water partition coefficient (Wildman–Crippen LogP) is -0.893. The first-order valence-electron chi connectivity index (χ1n) is 8.11. The van der Waals surface area contributed by atoms with Crippen molar-refractivity contribution >= 4 is 5.91 Å². The minimum absolute atomic E-state index is 0.0578. The van der Waals surface area contributed by atoms with Crippen molar-refractivity contribution in [1.29, 1.82) is 0 Å². The molecular formula is C17H19N3O6. The number of aromatic amines is 1. The van der Waals surface area contributed by atoms with Gasteiger partial charge in [0, 0.05) is 19.2 Å². The molecule has 0 aliphatic carbocycles. The lowest BCUT2D eigenvalue weighted by Gasteiger charge is -2.15. The van der Waals surface area contributed by atoms with Gasteiger partial charge in [0.05, 0.1) is 12.7 Å². The number of ether oxygens (including phenoxy) is 1. The Hall–Kier alpha value is -2.75. The molecule has 1 amide bonds. The van der Waals surface area contributed by atoms with Crippen molar-refractivity contribution in [3.8, 4) is 0 Å². The molecule has 3 unspecified atom stereocenters. The Morgan fingerprint density at radius 3 is 2.69 bits per heavy atom. The highest BCUT2D eigenvalue weighted by molar-refractivity contribution is 5.93. The van der Waals surface area contributed by atoms with Gasteiger partial charge in [-0.25, -0.2) is 4.79 Å². The van der Waals surface area contributed by atoms with Gasteiger partial charge in [0.1, 0.15) is 17.9 Å². The van der Waals surface area contributed by atoms with Gasteiger partial charge < -0.3 is 20.3 Å². The normalized spacial score (nSPS) is 22.3. The third kappa shape index (κ3) is 3.74. The quantitative estimate of drug-likeness (QED) is 0.546. The largest absolute Gasteiger partial charge is 0.394 e. The third-order valence-electron chi connectivity index (χ3n) is 4.20. The molecule has 1 aliphatic rings. The monoisotopic (exact) mass is 361 g/mol. The molecule has 0 radical (unpaired) electrons. The Balaban J connectivity index is 1.81. The van der Waals surface area contributed by atoms with Crippen molar-refractivity contribution in [1.82, 2.24) is 14.9 Å². The fourth-order valence-corrected chi connectivity index (χ4v) is 2.78. The molecule has 1 saturated heterocycles. The van der Waals surface area contributed by atoms with E-state index in [0.717, 1.165) is 16.3 Å². The van der Waals surface area contributed by atoms with Gasteiger partial charge >= 0.3 is 5.69 Å². The summed E-state index contributed by atoms with van der Waals surface area (Å²) in [6.07, 6.45) is -1.48. The maximum atomic E-state index is 12.3. The Kier molecular flexibility index (Phi) is 5.31. The van der Waals surface area contributed by atoms with Gasteiger partial charge in [-0.2, -0.15) is 0 Å². The van der Waals surface area contributed by atoms with E-state index in [-0.39, 0.29) is 18.5 Å². The molecule has 4 N–H and O–H groups in total. The SMILES string of the molecule is O=C(NCc1ccccc1)c1cn(C2CC(O)C(CO)O2)c(=O)[nH]c1=O. The lowest BCUT2D eigenvalue weighted by atomic mass is 10.2. The summed E-state index contributed by atoms with van der Waals surface area (Å²) in [6, 6.07) is 9.16. The first-order valence-corrected chi connectivity index (χ1v) is 8.11. The number of aliphatic hydroxyl groups excluding tert-OH is 2. The van der Waals surface area contributed by atoms with Gasteiger partial charge in [-0.3, -0.25) is 19.1 Å². The standard InChI is InChI=1S/C17H19N3O6/c21-9-13-12(22)6-14(26-13)20-8-11(16(24)19-17(20)25)15(23)18-7-10-4-2-1-3-5-10/h1-5,8,12-14,21-22H,6-7,9H2,(H,18,23)(H,19,24,25). The first-order chi connectivity index (χ1) is 12.5. The summed E-state index contributed by atoms with van der Waals surface area (Å²) in [5, 5.41) is 21.6. The number of hydrogen-bond acceptors (Lipinski definition) is 6. The van der Waals surface area contributed by atoms with Gasteiger partial charge in [-0.05, 0) is 5.56 Å². The van der Waals surface area contributed by atoms with Crippen molar-refractivity contribution in [3.05, 3.63) is 68.5 Å². The summed E-state index contributed by atoms with van der Waals surface area (Å²) in [5.41, 5.74) is -0.954. The van der Waals surface area contributed by atoms with Crippen LogP contribution in [0.5, 0.6) is 0 Å². The molecule has 2 heterocycles. The number of rotatable bonds is 5. The lowest BCUT2D eigenvalue weighted by molar-refractivity contribution is -0.0459. The second kappa shape index (κ2) is 7.65. The molecule has 0 bridgehead atoms. The van der Waals surface area contributed by atoms with E-state index in [1.165, 1.54) is 0 Å². The fraction of sp³-hybridized carbons (Fsp3) is 0.353. The molecule has 1 aromatic heterocycles. The van der Waals surface area contributed by atoms with Crippen LogP contribution in [0.1, 0.15) is 28.6 Å². The zero-order valence-electron chi connectivity index (χ0n) is 13.8. The van der Waals surface area contributed by atoms with Gasteiger partial charge in [-0.1, -0.05) is 30.3 Å². The van der Waals surface area contributed by atoms with E-state index < -0.39 is 42.2 Å². The van der Waals surface area contributed by atoms with Crippen LogP contribution in [0, 0.1) is 0 Å². The van der Waals surface area contributed by atoms with Crippen LogP contribution in [0.2, 0.25) is 0 Å². The maximum Gasteiger partial charge on any atom is 0.330 e. The number of amides is 1. The number of nitrogens with one attached hydrogen (secondary N) is 2. The number of aromatic nitrogens is 2. The van der Waals surface area contributed by atoms with Crippen LogP contribution in [-0.4, -0.2) is 44.5 Å². The summed E-state index contributed by atoms with van der Waals surface area (Å²) in [6.45, 7) is -0.177. The van der Waals surface area contributed by atoms with Crippen molar-refractivity contribution in [2.24, 2.45) is 0 Å². The predicted molar refractivity (Wildman–Crippen MR) is 90.6 cm³/mol. The second-order valence-corrected chi connectivity index (χ2v) is 5.99. The minimum atomic E-state index is -0.945. The molecule has 0 spiro atoms. The Bertz CT molecular complexity index is 891. The number of carbonyl (C=O) groups is 1. The summed E-state index contributed by atoms with van der Waals surface area (Å²) >= 11 is 0. The zero-order valence-corrected chi connectivity index (χ0v) is 13.8. The molecule has 3 rings (SSSR count). The molecule has 0 saturated carbocycles. The highest BCUT2D eigenvalue weighted by Crippen LogP contribution is 2.27. The first kappa shape index (κ1) is 18.1. The number of aliphatic hydroxyl groups is 2. The van der Waals surface area contributed by atoms with Crippen LogP contribution in [0.15, 0.2) is 46.1 Å². The average Bonchev–Trinajstić information content (AvgIpc) is 3.01. The van der Waals surface area contributed by atoms with Crippen molar-refractivity contribution < 1.29 is 19.7 Å².